The topological polar surface area (TPSA) is 132 Å². The van der Waals surface area contributed by atoms with E-state index in [9.17, 15) is 14.4 Å². The Hall–Kier alpha value is -2.16. The van der Waals surface area contributed by atoms with E-state index >= 15 is 0 Å². The van der Waals surface area contributed by atoms with Crippen LogP contribution >= 0.6 is 0 Å². The van der Waals surface area contributed by atoms with E-state index in [-0.39, 0.29) is 24.5 Å². The molecule has 1 heterocycles. The number of carboxylic acids is 1. The number of carbonyl (C=O) groups is 3. The summed E-state index contributed by atoms with van der Waals surface area (Å²) >= 11 is 0. The SMILES string of the molecule is CC(=O)CC[C@H](NC(=O)CCCCCCCCCCCCCCCCC1=NNNN1)C(=O)O. The molecule has 33 heavy (non-hydrogen) atoms. The molecule has 0 aromatic heterocycles. The smallest absolute Gasteiger partial charge is 0.326 e. The van der Waals surface area contributed by atoms with Gasteiger partial charge < -0.3 is 15.2 Å². The van der Waals surface area contributed by atoms with Crippen molar-refractivity contribution in [2.45, 2.75) is 129 Å². The van der Waals surface area contributed by atoms with Crippen LogP contribution in [-0.4, -0.2) is 34.6 Å². The molecule has 1 atom stereocenters. The summed E-state index contributed by atoms with van der Waals surface area (Å²) in [6.45, 7) is 1.42. The van der Waals surface area contributed by atoms with E-state index in [2.05, 4.69) is 26.9 Å². The van der Waals surface area contributed by atoms with Gasteiger partial charge in [-0.15, -0.1) is 10.6 Å². The van der Waals surface area contributed by atoms with Crippen molar-refractivity contribution in [2.24, 2.45) is 5.10 Å². The predicted molar refractivity (Wildman–Crippen MR) is 130 cm³/mol. The molecule has 0 aromatic rings. The van der Waals surface area contributed by atoms with Gasteiger partial charge in [-0.3, -0.25) is 10.2 Å². The molecule has 1 aliphatic heterocycles. The number of hydrazone groups is 1. The molecule has 0 spiro atoms. The summed E-state index contributed by atoms with van der Waals surface area (Å²) in [6.07, 6.45) is 18.7. The Labute approximate surface area is 198 Å². The molecule has 0 bridgehead atoms. The van der Waals surface area contributed by atoms with Crippen LogP contribution in [0.3, 0.4) is 0 Å². The van der Waals surface area contributed by atoms with Gasteiger partial charge in [-0.05, 0) is 26.2 Å². The van der Waals surface area contributed by atoms with E-state index in [1.165, 1.54) is 77.6 Å². The van der Waals surface area contributed by atoms with Crippen molar-refractivity contribution in [3.05, 3.63) is 0 Å². The molecular weight excluding hydrogens is 422 g/mol. The van der Waals surface area contributed by atoms with Gasteiger partial charge in [0.15, 0.2) is 0 Å². The third-order valence-electron chi connectivity index (χ3n) is 5.94. The molecule has 9 heteroatoms. The highest BCUT2D eigenvalue weighted by atomic mass is 16.4. The molecular formula is C24H45N5O4. The Morgan fingerprint density at radius 2 is 1.33 bits per heavy atom. The van der Waals surface area contributed by atoms with Crippen LogP contribution < -0.4 is 21.8 Å². The number of hydrazine groups is 2. The Balaban J connectivity index is 1.81. The number of carboxylic acid groups (broad SMARTS) is 1. The number of nitrogens with zero attached hydrogens (tertiary/aromatic N) is 1. The standard InChI is InChI=1S/C24H45N5O4/c1-20(30)18-19-21(24(32)33)25-23(31)17-15-13-11-9-7-5-3-2-4-6-8-10-12-14-16-22-26-28-29-27-22/h21,28-29H,2-19H2,1H3,(H,25,31)(H,26,27)(H,32,33)/t21-/m0/s1. The maximum absolute atomic E-state index is 11.9. The fourth-order valence-electron chi connectivity index (χ4n) is 3.91. The van der Waals surface area contributed by atoms with Gasteiger partial charge in [-0.1, -0.05) is 77.0 Å². The van der Waals surface area contributed by atoms with Crippen molar-refractivity contribution in [1.82, 2.24) is 21.8 Å². The number of rotatable bonds is 22. The maximum atomic E-state index is 11.9. The maximum Gasteiger partial charge on any atom is 0.326 e. The summed E-state index contributed by atoms with van der Waals surface area (Å²) in [5.74, 6) is -0.391. The molecule has 1 aliphatic rings. The average molecular weight is 468 g/mol. The number of amides is 1. The molecule has 1 amide bonds. The minimum atomic E-state index is -1.08. The second kappa shape index (κ2) is 19.3. The Bertz CT molecular complexity index is 597. The molecule has 0 fully saturated rings. The van der Waals surface area contributed by atoms with Crippen LogP contribution in [0, 0.1) is 0 Å². The minimum absolute atomic E-state index is 0.0679. The molecule has 0 unspecified atom stereocenters. The lowest BCUT2D eigenvalue weighted by atomic mass is 10.0. The zero-order valence-electron chi connectivity index (χ0n) is 20.4. The van der Waals surface area contributed by atoms with Gasteiger partial charge >= 0.3 is 5.97 Å². The third kappa shape index (κ3) is 17.0. The van der Waals surface area contributed by atoms with Gasteiger partial charge in [0.25, 0.3) is 0 Å². The first-order valence-electron chi connectivity index (χ1n) is 12.8. The van der Waals surface area contributed by atoms with E-state index in [0.717, 1.165) is 31.5 Å². The van der Waals surface area contributed by atoms with Gasteiger partial charge in [0.2, 0.25) is 5.91 Å². The number of unbranched alkanes of at least 4 members (excludes halogenated alkanes) is 13. The summed E-state index contributed by atoms with van der Waals surface area (Å²) in [4.78, 5) is 34.1. The van der Waals surface area contributed by atoms with Gasteiger partial charge in [0.1, 0.15) is 17.7 Å². The van der Waals surface area contributed by atoms with Crippen molar-refractivity contribution < 1.29 is 19.5 Å². The first kappa shape index (κ1) is 28.9. The number of hydrogen-bond acceptors (Lipinski definition) is 7. The van der Waals surface area contributed by atoms with Crippen LogP contribution in [0.1, 0.15) is 122 Å². The summed E-state index contributed by atoms with van der Waals surface area (Å²) in [5.41, 5.74) is 8.40. The van der Waals surface area contributed by atoms with Crippen LogP contribution in [0.15, 0.2) is 5.10 Å². The number of Topliss-reactive ketones (excluding diaryl/α,β-unsaturated/α-hetero) is 1. The number of ketones is 1. The second-order valence-corrected chi connectivity index (χ2v) is 9.07. The van der Waals surface area contributed by atoms with E-state index in [4.69, 9.17) is 5.11 Å². The Kier molecular flexibility index (Phi) is 16.9. The minimum Gasteiger partial charge on any atom is -0.480 e. The molecule has 190 valence electrons. The zero-order valence-corrected chi connectivity index (χ0v) is 20.4. The molecule has 5 N–H and O–H groups in total. The fraction of sp³-hybridized carbons (Fsp3) is 0.833. The highest BCUT2D eigenvalue weighted by Gasteiger charge is 2.19. The number of nitrogens with one attached hydrogen (secondary N) is 4. The Morgan fingerprint density at radius 1 is 0.818 bits per heavy atom. The highest BCUT2D eigenvalue weighted by Crippen LogP contribution is 2.14. The second-order valence-electron chi connectivity index (χ2n) is 9.07. The van der Waals surface area contributed by atoms with Crippen molar-refractivity contribution in [3.63, 3.8) is 0 Å². The van der Waals surface area contributed by atoms with Crippen LogP contribution in [-0.2, 0) is 14.4 Å². The lowest BCUT2D eigenvalue weighted by Crippen LogP contribution is -2.40. The highest BCUT2D eigenvalue weighted by molar-refractivity contribution is 5.84. The fourth-order valence-corrected chi connectivity index (χ4v) is 3.91. The van der Waals surface area contributed by atoms with Crippen LogP contribution in [0.4, 0.5) is 0 Å². The first-order valence-corrected chi connectivity index (χ1v) is 12.8. The molecule has 9 nitrogen and oxygen atoms in total. The summed E-state index contributed by atoms with van der Waals surface area (Å²) in [7, 11) is 0. The van der Waals surface area contributed by atoms with E-state index in [0.29, 0.717) is 6.42 Å². The Morgan fingerprint density at radius 3 is 1.79 bits per heavy atom. The van der Waals surface area contributed by atoms with Gasteiger partial charge in [0, 0.05) is 19.3 Å². The van der Waals surface area contributed by atoms with Crippen molar-refractivity contribution in [2.75, 3.05) is 0 Å². The molecule has 0 aromatic carbocycles. The average Bonchev–Trinajstić information content (AvgIpc) is 3.29. The molecule has 0 aliphatic carbocycles. The molecule has 0 radical (unpaired) electrons. The van der Waals surface area contributed by atoms with Crippen LogP contribution in [0.2, 0.25) is 0 Å². The third-order valence-corrected chi connectivity index (χ3v) is 5.94. The lowest BCUT2D eigenvalue weighted by Gasteiger charge is -2.13. The summed E-state index contributed by atoms with van der Waals surface area (Å²) in [5, 5.41) is 15.7. The lowest BCUT2D eigenvalue weighted by molar-refractivity contribution is -0.142. The first-order chi connectivity index (χ1) is 16.0. The number of aliphatic carboxylic acids is 1. The van der Waals surface area contributed by atoms with Gasteiger partial charge in [-0.25, -0.2) is 10.3 Å². The number of hydrogen-bond donors (Lipinski definition) is 5. The van der Waals surface area contributed by atoms with Crippen molar-refractivity contribution in [1.29, 1.82) is 0 Å². The van der Waals surface area contributed by atoms with Gasteiger partial charge in [-0.2, -0.15) is 0 Å². The molecule has 0 saturated heterocycles. The monoisotopic (exact) mass is 467 g/mol. The van der Waals surface area contributed by atoms with Gasteiger partial charge in [0.05, 0.1) is 0 Å². The van der Waals surface area contributed by atoms with Crippen molar-refractivity contribution >= 4 is 23.5 Å². The zero-order chi connectivity index (χ0) is 24.2. The number of amidine groups is 1. The molecule has 0 saturated carbocycles. The quantitative estimate of drug-likeness (QED) is 0.151. The normalized spacial score (nSPS) is 13.7. The van der Waals surface area contributed by atoms with E-state index < -0.39 is 12.0 Å². The largest absolute Gasteiger partial charge is 0.480 e. The van der Waals surface area contributed by atoms with E-state index in [1.54, 1.807) is 0 Å². The summed E-state index contributed by atoms with van der Waals surface area (Å²) in [6, 6.07) is -0.966. The number of carbonyl (C=O) groups excluding carboxylic acids is 2. The van der Waals surface area contributed by atoms with Crippen LogP contribution in [0.25, 0.3) is 0 Å². The predicted octanol–water partition coefficient (Wildman–Crippen LogP) is 4.09. The van der Waals surface area contributed by atoms with Crippen molar-refractivity contribution in [3.8, 4) is 0 Å². The van der Waals surface area contributed by atoms with E-state index in [1.807, 2.05) is 0 Å². The van der Waals surface area contributed by atoms with Crippen LogP contribution in [0.5, 0.6) is 0 Å². The summed E-state index contributed by atoms with van der Waals surface area (Å²) < 4.78 is 0. The molecule has 1 rings (SSSR count).